The summed E-state index contributed by atoms with van der Waals surface area (Å²) in [5.74, 6) is 0.605. The molecule has 5 nitrogen and oxygen atoms in total. The topological polar surface area (TPSA) is 69.6 Å². The van der Waals surface area contributed by atoms with Crippen molar-refractivity contribution >= 4 is 11.8 Å². The molecule has 2 fully saturated rings. The molecule has 0 atom stereocenters. The molecule has 0 spiro atoms. The molecule has 18 heavy (non-hydrogen) atoms. The molecule has 1 saturated heterocycles. The van der Waals surface area contributed by atoms with E-state index < -0.39 is 0 Å². The predicted molar refractivity (Wildman–Crippen MR) is 66.7 cm³/mol. The van der Waals surface area contributed by atoms with E-state index in [4.69, 9.17) is 5.11 Å². The van der Waals surface area contributed by atoms with Gasteiger partial charge in [0.05, 0.1) is 0 Å². The summed E-state index contributed by atoms with van der Waals surface area (Å²) < 4.78 is 0. The summed E-state index contributed by atoms with van der Waals surface area (Å²) in [6.07, 6.45) is 4.64. The van der Waals surface area contributed by atoms with Crippen molar-refractivity contribution in [3.63, 3.8) is 0 Å². The Morgan fingerprint density at radius 1 is 1.22 bits per heavy atom. The van der Waals surface area contributed by atoms with Gasteiger partial charge in [0.1, 0.15) is 0 Å². The van der Waals surface area contributed by atoms with Gasteiger partial charge in [0.25, 0.3) is 0 Å². The minimum Gasteiger partial charge on any atom is -0.396 e. The number of aliphatic hydroxyl groups excluding tert-OH is 1. The van der Waals surface area contributed by atoms with Crippen molar-refractivity contribution in [3.8, 4) is 0 Å². The number of carbonyl (C=O) groups is 2. The first kappa shape index (κ1) is 13.3. The molecule has 0 bridgehead atoms. The summed E-state index contributed by atoms with van der Waals surface area (Å²) >= 11 is 0. The molecule has 0 radical (unpaired) electrons. The van der Waals surface area contributed by atoms with Gasteiger partial charge in [-0.1, -0.05) is 12.8 Å². The molecule has 1 aliphatic heterocycles. The molecule has 1 heterocycles. The van der Waals surface area contributed by atoms with Crippen LogP contribution < -0.4 is 5.32 Å². The zero-order chi connectivity index (χ0) is 13.0. The number of rotatable bonds is 5. The van der Waals surface area contributed by atoms with E-state index in [2.05, 4.69) is 5.32 Å². The molecule has 2 amide bonds. The highest BCUT2D eigenvalue weighted by molar-refractivity contribution is 5.81. The first-order valence-corrected chi connectivity index (χ1v) is 6.87. The Hall–Kier alpha value is -1.10. The fourth-order valence-electron chi connectivity index (χ4n) is 2.67. The minimum absolute atomic E-state index is 0.0754. The number of nitrogens with one attached hydrogen (secondary N) is 1. The molecule has 1 saturated carbocycles. The fraction of sp³-hybridized carbons (Fsp3) is 0.846. The van der Waals surface area contributed by atoms with Gasteiger partial charge in [0, 0.05) is 44.5 Å². The fourth-order valence-corrected chi connectivity index (χ4v) is 2.67. The maximum absolute atomic E-state index is 11.7. The van der Waals surface area contributed by atoms with Crippen molar-refractivity contribution in [1.82, 2.24) is 10.2 Å². The number of carbonyl (C=O) groups excluding carboxylic acids is 2. The van der Waals surface area contributed by atoms with Crippen LogP contribution in [0.3, 0.4) is 0 Å². The summed E-state index contributed by atoms with van der Waals surface area (Å²) in [5.41, 5.74) is 0. The summed E-state index contributed by atoms with van der Waals surface area (Å²) in [4.78, 5) is 25.1. The number of likely N-dealkylation sites (tertiary alicyclic amines) is 1. The summed E-state index contributed by atoms with van der Waals surface area (Å²) in [5, 5.41) is 11.7. The zero-order valence-electron chi connectivity index (χ0n) is 10.7. The molecule has 5 heteroatoms. The van der Waals surface area contributed by atoms with Crippen LogP contribution in [0.25, 0.3) is 0 Å². The van der Waals surface area contributed by atoms with E-state index in [1.165, 1.54) is 0 Å². The average molecular weight is 254 g/mol. The molecule has 2 aliphatic rings. The maximum atomic E-state index is 11.7. The van der Waals surface area contributed by atoms with Gasteiger partial charge in [-0.05, 0) is 12.8 Å². The molecule has 1 aliphatic carbocycles. The highest BCUT2D eigenvalue weighted by Gasteiger charge is 2.29. The molecular weight excluding hydrogens is 232 g/mol. The van der Waals surface area contributed by atoms with Crippen LogP contribution in [0.4, 0.5) is 0 Å². The molecule has 102 valence electrons. The molecule has 2 N–H and O–H groups in total. The van der Waals surface area contributed by atoms with E-state index in [9.17, 15) is 9.59 Å². The zero-order valence-corrected chi connectivity index (χ0v) is 10.7. The third-order valence-electron chi connectivity index (χ3n) is 3.93. The van der Waals surface area contributed by atoms with Gasteiger partial charge in [-0.2, -0.15) is 0 Å². The average Bonchev–Trinajstić information content (AvgIpc) is 2.80. The second-order valence-corrected chi connectivity index (χ2v) is 5.37. The Bertz CT molecular complexity index is 307. The Kier molecular flexibility index (Phi) is 4.58. The van der Waals surface area contributed by atoms with Crippen molar-refractivity contribution in [2.24, 2.45) is 11.8 Å². The van der Waals surface area contributed by atoms with E-state index in [0.717, 1.165) is 25.7 Å². The summed E-state index contributed by atoms with van der Waals surface area (Å²) in [6.45, 7) is 1.91. The van der Waals surface area contributed by atoms with Gasteiger partial charge >= 0.3 is 0 Å². The highest BCUT2D eigenvalue weighted by Crippen LogP contribution is 2.24. The first-order chi connectivity index (χ1) is 8.70. The molecule has 0 aromatic heterocycles. The van der Waals surface area contributed by atoms with Crippen molar-refractivity contribution in [3.05, 3.63) is 0 Å². The van der Waals surface area contributed by atoms with Gasteiger partial charge in [0.15, 0.2) is 0 Å². The smallest absolute Gasteiger partial charge is 0.224 e. The SMILES string of the molecule is O=C(NCCC(=O)N1CC(CO)C1)C1CCCC1. The Morgan fingerprint density at radius 3 is 2.50 bits per heavy atom. The number of aliphatic hydroxyl groups is 1. The van der Waals surface area contributed by atoms with Crippen LogP contribution in [-0.4, -0.2) is 48.1 Å². The van der Waals surface area contributed by atoms with Gasteiger partial charge in [0.2, 0.25) is 11.8 Å². The quantitative estimate of drug-likeness (QED) is 0.733. The lowest BCUT2D eigenvalue weighted by Gasteiger charge is -2.38. The summed E-state index contributed by atoms with van der Waals surface area (Å²) in [7, 11) is 0. The second kappa shape index (κ2) is 6.18. The monoisotopic (exact) mass is 254 g/mol. The number of amides is 2. The van der Waals surface area contributed by atoms with Crippen LogP contribution in [0, 0.1) is 11.8 Å². The third-order valence-corrected chi connectivity index (χ3v) is 3.93. The van der Waals surface area contributed by atoms with Crippen molar-refractivity contribution in [1.29, 1.82) is 0 Å². The van der Waals surface area contributed by atoms with E-state index in [0.29, 0.717) is 26.1 Å². The minimum atomic E-state index is 0.0754. The van der Waals surface area contributed by atoms with Crippen LogP contribution in [0.1, 0.15) is 32.1 Å². The number of hydrogen-bond donors (Lipinski definition) is 2. The maximum Gasteiger partial charge on any atom is 0.224 e. The van der Waals surface area contributed by atoms with E-state index in [-0.39, 0.29) is 30.3 Å². The summed E-state index contributed by atoms with van der Waals surface area (Å²) in [6, 6.07) is 0. The lowest BCUT2D eigenvalue weighted by Crippen LogP contribution is -2.51. The van der Waals surface area contributed by atoms with Crippen LogP contribution in [0.5, 0.6) is 0 Å². The normalized spacial score (nSPS) is 20.8. The van der Waals surface area contributed by atoms with Gasteiger partial charge in [-0.3, -0.25) is 9.59 Å². The number of nitrogens with zero attached hydrogens (tertiary/aromatic N) is 1. The van der Waals surface area contributed by atoms with Crippen molar-refractivity contribution in [2.45, 2.75) is 32.1 Å². The van der Waals surface area contributed by atoms with Crippen molar-refractivity contribution in [2.75, 3.05) is 26.2 Å². The van der Waals surface area contributed by atoms with Crippen LogP contribution in [-0.2, 0) is 9.59 Å². The lowest BCUT2D eigenvalue weighted by molar-refractivity contribution is -0.138. The third kappa shape index (κ3) is 3.22. The Morgan fingerprint density at radius 2 is 1.89 bits per heavy atom. The van der Waals surface area contributed by atoms with Gasteiger partial charge < -0.3 is 15.3 Å². The van der Waals surface area contributed by atoms with Crippen molar-refractivity contribution < 1.29 is 14.7 Å². The standard InChI is InChI=1S/C13H22N2O3/c16-9-10-7-15(8-10)12(17)5-6-14-13(18)11-3-1-2-4-11/h10-11,16H,1-9H2,(H,14,18). The lowest BCUT2D eigenvalue weighted by atomic mass is 10.0. The van der Waals surface area contributed by atoms with Crippen LogP contribution in [0.2, 0.25) is 0 Å². The Balaban J connectivity index is 1.57. The Labute approximate surface area is 108 Å². The van der Waals surface area contributed by atoms with Crippen LogP contribution in [0.15, 0.2) is 0 Å². The molecule has 0 unspecified atom stereocenters. The molecule has 0 aromatic carbocycles. The number of hydrogen-bond acceptors (Lipinski definition) is 3. The molecule has 2 rings (SSSR count). The molecule has 0 aromatic rings. The van der Waals surface area contributed by atoms with E-state index in [1.54, 1.807) is 4.90 Å². The van der Waals surface area contributed by atoms with Crippen LogP contribution >= 0.6 is 0 Å². The van der Waals surface area contributed by atoms with Gasteiger partial charge in [-0.25, -0.2) is 0 Å². The largest absolute Gasteiger partial charge is 0.396 e. The predicted octanol–water partition coefficient (Wildman–Crippen LogP) is 0.134. The van der Waals surface area contributed by atoms with E-state index in [1.807, 2.05) is 0 Å². The van der Waals surface area contributed by atoms with Gasteiger partial charge in [-0.15, -0.1) is 0 Å². The molecular formula is C13H22N2O3. The van der Waals surface area contributed by atoms with E-state index >= 15 is 0 Å². The second-order valence-electron chi connectivity index (χ2n) is 5.37. The first-order valence-electron chi connectivity index (χ1n) is 6.87. The highest BCUT2D eigenvalue weighted by atomic mass is 16.3.